The van der Waals surface area contributed by atoms with E-state index in [1.807, 2.05) is 11.3 Å². The Kier molecular flexibility index (Phi) is 6.18. The van der Waals surface area contributed by atoms with Gasteiger partial charge in [-0.1, -0.05) is 108 Å². The Morgan fingerprint density at radius 1 is 0.425 bits per heavy atom. The highest BCUT2D eigenvalue weighted by molar-refractivity contribution is 7.26. The van der Waals surface area contributed by atoms with Crippen LogP contribution in [0.15, 0.2) is 140 Å². The third-order valence-corrected chi connectivity index (χ3v) is 8.86. The standard InChI is InChI=1S/C38H29NS/c1-26-10-14-28(15-11-26)29-16-22-32(23-17-29)39(31-20-12-27(2)13-21-31)33-24-18-30(19-25-33)34-7-5-8-36-35-6-3-4-9-37(35)40-38(34)36/h3-25H,1-2H3. The molecule has 6 aromatic carbocycles. The summed E-state index contributed by atoms with van der Waals surface area (Å²) in [4.78, 5) is 2.34. The van der Waals surface area contributed by atoms with E-state index >= 15 is 0 Å². The lowest BCUT2D eigenvalue weighted by atomic mass is 10.0. The van der Waals surface area contributed by atoms with Gasteiger partial charge in [-0.2, -0.15) is 0 Å². The highest BCUT2D eigenvalue weighted by atomic mass is 32.1. The van der Waals surface area contributed by atoms with Crippen molar-refractivity contribution in [3.63, 3.8) is 0 Å². The maximum absolute atomic E-state index is 2.34. The first kappa shape index (κ1) is 24.4. The van der Waals surface area contributed by atoms with Crippen molar-refractivity contribution < 1.29 is 0 Å². The number of rotatable bonds is 5. The number of benzene rings is 6. The molecule has 1 heterocycles. The number of thiophene rings is 1. The second-order valence-corrected chi connectivity index (χ2v) is 11.5. The van der Waals surface area contributed by atoms with Gasteiger partial charge in [0.05, 0.1) is 0 Å². The van der Waals surface area contributed by atoms with E-state index in [9.17, 15) is 0 Å². The average Bonchev–Trinajstić information content (AvgIpc) is 3.39. The van der Waals surface area contributed by atoms with Crippen LogP contribution in [0.1, 0.15) is 11.1 Å². The highest BCUT2D eigenvalue weighted by Gasteiger charge is 2.15. The number of fused-ring (bicyclic) bond motifs is 3. The van der Waals surface area contributed by atoms with E-state index in [0.29, 0.717) is 0 Å². The van der Waals surface area contributed by atoms with Gasteiger partial charge in [0.2, 0.25) is 0 Å². The van der Waals surface area contributed by atoms with Gasteiger partial charge in [0.25, 0.3) is 0 Å². The van der Waals surface area contributed by atoms with Gasteiger partial charge in [0.1, 0.15) is 0 Å². The third kappa shape index (κ3) is 4.47. The van der Waals surface area contributed by atoms with Crippen molar-refractivity contribution in [3.05, 3.63) is 151 Å². The number of hydrogen-bond donors (Lipinski definition) is 0. The molecule has 1 aromatic heterocycles. The zero-order chi connectivity index (χ0) is 27.1. The molecule has 0 unspecified atom stereocenters. The van der Waals surface area contributed by atoms with Gasteiger partial charge in [-0.25, -0.2) is 0 Å². The predicted octanol–water partition coefficient (Wildman–Crippen LogP) is 11.5. The third-order valence-electron chi connectivity index (χ3n) is 7.64. The Hall–Kier alpha value is -4.66. The van der Waals surface area contributed by atoms with Gasteiger partial charge < -0.3 is 4.90 Å². The smallest absolute Gasteiger partial charge is 0.0462 e. The molecule has 7 rings (SSSR count). The van der Waals surface area contributed by atoms with Crippen LogP contribution in [0.25, 0.3) is 42.4 Å². The molecule has 40 heavy (non-hydrogen) atoms. The Balaban J connectivity index is 1.28. The van der Waals surface area contributed by atoms with Crippen LogP contribution in [0.2, 0.25) is 0 Å². The topological polar surface area (TPSA) is 3.24 Å². The molecular weight excluding hydrogens is 502 g/mol. The van der Waals surface area contributed by atoms with E-state index in [1.54, 1.807) is 0 Å². The lowest BCUT2D eigenvalue weighted by Gasteiger charge is -2.26. The monoisotopic (exact) mass is 531 g/mol. The summed E-state index contributed by atoms with van der Waals surface area (Å²) >= 11 is 1.88. The zero-order valence-electron chi connectivity index (χ0n) is 22.6. The van der Waals surface area contributed by atoms with Crippen LogP contribution in [0.3, 0.4) is 0 Å². The van der Waals surface area contributed by atoms with E-state index in [-0.39, 0.29) is 0 Å². The Morgan fingerprint density at radius 2 is 0.900 bits per heavy atom. The molecule has 0 bridgehead atoms. The maximum Gasteiger partial charge on any atom is 0.0462 e. The average molecular weight is 532 g/mol. The number of hydrogen-bond acceptors (Lipinski definition) is 2. The minimum absolute atomic E-state index is 1.14. The van der Waals surface area contributed by atoms with Crippen LogP contribution in [0.4, 0.5) is 17.1 Å². The van der Waals surface area contributed by atoms with Gasteiger partial charge in [-0.3, -0.25) is 0 Å². The zero-order valence-corrected chi connectivity index (χ0v) is 23.5. The fraction of sp³-hybridized carbons (Fsp3) is 0.0526. The van der Waals surface area contributed by atoms with E-state index < -0.39 is 0 Å². The first-order chi connectivity index (χ1) is 19.6. The molecule has 192 valence electrons. The summed E-state index contributed by atoms with van der Waals surface area (Å²) in [5, 5.41) is 2.66. The Bertz CT molecular complexity index is 1930. The lowest BCUT2D eigenvalue weighted by Crippen LogP contribution is -2.09. The van der Waals surface area contributed by atoms with Gasteiger partial charge in [-0.05, 0) is 78.6 Å². The molecule has 0 fully saturated rings. The first-order valence-corrected chi connectivity index (χ1v) is 14.5. The van der Waals surface area contributed by atoms with Gasteiger partial charge in [0.15, 0.2) is 0 Å². The molecule has 1 nitrogen and oxygen atoms in total. The normalized spacial score (nSPS) is 11.2. The largest absolute Gasteiger partial charge is 0.311 e. The van der Waals surface area contributed by atoms with Crippen LogP contribution in [0, 0.1) is 13.8 Å². The molecule has 0 radical (unpaired) electrons. The van der Waals surface area contributed by atoms with Crippen LogP contribution < -0.4 is 4.90 Å². The fourth-order valence-electron chi connectivity index (χ4n) is 5.45. The Labute approximate surface area is 239 Å². The fourth-order valence-corrected chi connectivity index (χ4v) is 6.69. The summed E-state index contributed by atoms with van der Waals surface area (Å²) in [7, 11) is 0. The molecule has 0 saturated heterocycles. The number of nitrogens with zero attached hydrogens (tertiary/aromatic N) is 1. The van der Waals surface area contributed by atoms with Crippen molar-refractivity contribution in [2.75, 3.05) is 4.90 Å². The van der Waals surface area contributed by atoms with Crippen molar-refractivity contribution in [1.29, 1.82) is 0 Å². The van der Waals surface area contributed by atoms with Crippen molar-refractivity contribution in [1.82, 2.24) is 0 Å². The van der Waals surface area contributed by atoms with Gasteiger partial charge in [0, 0.05) is 37.2 Å². The molecule has 0 saturated carbocycles. The molecule has 0 aliphatic carbocycles. The van der Waals surface area contributed by atoms with Crippen LogP contribution in [-0.4, -0.2) is 0 Å². The molecule has 0 atom stereocenters. The van der Waals surface area contributed by atoms with E-state index in [2.05, 4.69) is 158 Å². The predicted molar refractivity (Wildman–Crippen MR) is 174 cm³/mol. The maximum atomic E-state index is 2.34. The summed E-state index contributed by atoms with van der Waals surface area (Å²) in [6, 6.07) is 50.8. The van der Waals surface area contributed by atoms with Gasteiger partial charge >= 0.3 is 0 Å². The quantitative estimate of drug-likeness (QED) is 0.213. The molecule has 2 heteroatoms. The number of anilines is 3. The summed E-state index contributed by atoms with van der Waals surface area (Å²) in [6.45, 7) is 4.26. The van der Waals surface area contributed by atoms with E-state index in [0.717, 1.165) is 17.1 Å². The summed E-state index contributed by atoms with van der Waals surface area (Å²) in [5.41, 5.74) is 10.9. The molecular formula is C38H29NS. The molecule has 0 spiro atoms. The van der Waals surface area contributed by atoms with Crippen LogP contribution in [-0.2, 0) is 0 Å². The second-order valence-electron chi connectivity index (χ2n) is 10.4. The minimum Gasteiger partial charge on any atom is -0.311 e. The molecule has 0 aliphatic rings. The summed E-state index contributed by atoms with van der Waals surface area (Å²) in [6.07, 6.45) is 0. The van der Waals surface area contributed by atoms with Crippen molar-refractivity contribution in [2.45, 2.75) is 13.8 Å². The SMILES string of the molecule is Cc1ccc(-c2ccc(N(c3ccc(C)cc3)c3ccc(-c4cccc5c4sc4ccccc45)cc3)cc2)cc1. The highest BCUT2D eigenvalue weighted by Crippen LogP contribution is 2.41. The molecule has 0 N–H and O–H groups in total. The van der Waals surface area contributed by atoms with Gasteiger partial charge in [-0.15, -0.1) is 11.3 Å². The lowest BCUT2D eigenvalue weighted by molar-refractivity contribution is 1.28. The van der Waals surface area contributed by atoms with Crippen molar-refractivity contribution >= 4 is 48.6 Å². The van der Waals surface area contributed by atoms with Crippen molar-refractivity contribution in [3.8, 4) is 22.3 Å². The van der Waals surface area contributed by atoms with E-state index in [1.165, 1.54) is 53.6 Å². The Morgan fingerprint density at radius 3 is 1.52 bits per heavy atom. The van der Waals surface area contributed by atoms with Crippen LogP contribution in [0.5, 0.6) is 0 Å². The van der Waals surface area contributed by atoms with Crippen molar-refractivity contribution in [2.24, 2.45) is 0 Å². The first-order valence-electron chi connectivity index (χ1n) is 13.7. The minimum atomic E-state index is 1.14. The molecule has 0 aliphatic heterocycles. The number of aryl methyl sites for hydroxylation is 2. The second kappa shape index (κ2) is 10.1. The van der Waals surface area contributed by atoms with Crippen LogP contribution >= 0.6 is 11.3 Å². The summed E-state index contributed by atoms with van der Waals surface area (Å²) in [5.74, 6) is 0. The summed E-state index contributed by atoms with van der Waals surface area (Å²) < 4.78 is 2.68. The molecule has 0 amide bonds. The van der Waals surface area contributed by atoms with E-state index in [4.69, 9.17) is 0 Å². The molecule has 7 aromatic rings.